The van der Waals surface area contributed by atoms with Crippen LogP contribution in [-0.4, -0.2) is 16.6 Å². The Morgan fingerprint density at radius 3 is 2.94 bits per heavy atom. The number of aromatic nitrogens is 1. The predicted octanol–water partition coefficient (Wildman–Crippen LogP) is 4.17. The molecule has 0 radical (unpaired) electrons. The number of rotatable bonds is 5. The summed E-state index contributed by atoms with van der Waals surface area (Å²) in [7, 11) is 0. The van der Waals surface area contributed by atoms with E-state index in [0.29, 0.717) is 5.69 Å². The van der Waals surface area contributed by atoms with Crippen LogP contribution in [0.2, 0.25) is 0 Å². The van der Waals surface area contributed by atoms with Crippen LogP contribution in [0, 0.1) is 6.92 Å². The molecule has 0 saturated heterocycles. The summed E-state index contributed by atoms with van der Waals surface area (Å²) < 4.78 is 0. The van der Waals surface area contributed by atoms with Crippen molar-refractivity contribution in [2.45, 2.75) is 17.6 Å². The van der Waals surface area contributed by atoms with E-state index < -0.39 is 0 Å². The third-order valence-electron chi connectivity index (χ3n) is 2.40. The topological polar surface area (TPSA) is 30.0 Å². The second-order valence-electron chi connectivity index (χ2n) is 3.74. The number of halogens is 1. The van der Waals surface area contributed by atoms with Crippen molar-refractivity contribution >= 4 is 40.5 Å². The molecule has 0 spiro atoms. The largest absolute Gasteiger partial charge is 0.291 e. The van der Waals surface area contributed by atoms with Crippen molar-refractivity contribution in [3.8, 4) is 0 Å². The second kappa shape index (κ2) is 6.36. The zero-order chi connectivity index (χ0) is 13.0. The highest BCUT2D eigenvalue weighted by molar-refractivity contribution is 7.98. The Bertz CT molecular complexity index is 553. The average molecular weight is 298 g/mol. The fourth-order valence-corrected chi connectivity index (χ4v) is 3.41. The van der Waals surface area contributed by atoms with Gasteiger partial charge in [0.05, 0.1) is 11.6 Å². The Morgan fingerprint density at radius 1 is 1.44 bits per heavy atom. The molecule has 1 heterocycles. The summed E-state index contributed by atoms with van der Waals surface area (Å²) in [4.78, 5) is 16.9. The molecule has 94 valence electrons. The lowest BCUT2D eigenvalue weighted by atomic mass is 10.2. The van der Waals surface area contributed by atoms with Crippen LogP contribution >= 0.6 is 34.7 Å². The third kappa shape index (κ3) is 3.34. The zero-order valence-corrected chi connectivity index (χ0v) is 12.2. The standard InChI is InChI=1S/C13H12ClNOS2/c1-9-4-2-3-5-12(9)17-8-13-15-10(7-18-13)11(16)6-14/h2-5,7H,6,8H2,1H3. The lowest BCUT2D eigenvalue weighted by Crippen LogP contribution is -2.00. The van der Waals surface area contributed by atoms with E-state index in [1.54, 1.807) is 17.1 Å². The number of aryl methyl sites for hydroxylation is 1. The monoisotopic (exact) mass is 297 g/mol. The molecule has 0 saturated carbocycles. The van der Waals surface area contributed by atoms with Gasteiger partial charge in [0.2, 0.25) is 0 Å². The lowest BCUT2D eigenvalue weighted by molar-refractivity contribution is 0.101. The molecular weight excluding hydrogens is 286 g/mol. The van der Waals surface area contributed by atoms with Gasteiger partial charge in [0.25, 0.3) is 0 Å². The number of benzene rings is 1. The van der Waals surface area contributed by atoms with Gasteiger partial charge in [-0.05, 0) is 18.6 Å². The Balaban J connectivity index is 2.01. The molecule has 2 nitrogen and oxygen atoms in total. The smallest absolute Gasteiger partial charge is 0.196 e. The predicted molar refractivity (Wildman–Crippen MR) is 77.9 cm³/mol. The highest BCUT2D eigenvalue weighted by atomic mass is 35.5. The van der Waals surface area contributed by atoms with E-state index in [2.05, 4.69) is 24.0 Å². The molecule has 1 aromatic carbocycles. The number of Topliss-reactive ketones (excluding diaryl/α,β-unsaturated/α-hetero) is 1. The molecule has 0 amide bonds. The van der Waals surface area contributed by atoms with Crippen LogP contribution in [0.1, 0.15) is 21.1 Å². The maximum absolute atomic E-state index is 11.4. The van der Waals surface area contributed by atoms with Gasteiger partial charge in [-0.2, -0.15) is 0 Å². The number of ketones is 1. The summed E-state index contributed by atoms with van der Waals surface area (Å²) in [6.07, 6.45) is 0. The van der Waals surface area contributed by atoms with Gasteiger partial charge < -0.3 is 0 Å². The van der Waals surface area contributed by atoms with E-state index in [1.165, 1.54) is 21.8 Å². The molecule has 0 aliphatic heterocycles. The van der Waals surface area contributed by atoms with Gasteiger partial charge in [0, 0.05) is 10.3 Å². The molecule has 2 aromatic rings. The van der Waals surface area contributed by atoms with Gasteiger partial charge in [-0.1, -0.05) is 18.2 Å². The molecule has 2 rings (SSSR count). The Kier molecular flexibility index (Phi) is 4.80. The van der Waals surface area contributed by atoms with Crippen LogP contribution in [0.4, 0.5) is 0 Å². The molecule has 0 N–H and O–H groups in total. The number of thiazole rings is 1. The minimum absolute atomic E-state index is 0.00584. The van der Waals surface area contributed by atoms with Crippen molar-refractivity contribution in [3.63, 3.8) is 0 Å². The fourth-order valence-electron chi connectivity index (χ4n) is 1.43. The van der Waals surface area contributed by atoms with Crippen molar-refractivity contribution in [3.05, 3.63) is 45.9 Å². The highest BCUT2D eigenvalue weighted by Gasteiger charge is 2.09. The highest BCUT2D eigenvalue weighted by Crippen LogP contribution is 2.27. The zero-order valence-electron chi connectivity index (χ0n) is 9.85. The molecule has 5 heteroatoms. The normalized spacial score (nSPS) is 10.6. The Morgan fingerprint density at radius 2 is 2.22 bits per heavy atom. The summed E-state index contributed by atoms with van der Waals surface area (Å²) in [6.45, 7) is 2.09. The molecule has 0 aliphatic rings. The number of thioether (sulfide) groups is 1. The first-order chi connectivity index (χ1) is 8.70. The molecule has 0 unspecified atom stereocenters. The number of alkyl halides is 1. The van der Waals surface area contributed by atoms with Crippen LogP contribution < -0.4 is 0 Å². The van der Waals surface area contributed by atoms with Gasteiger partial charge in [-0.25, -0.2) is 4.98 Å². The van der Waals surface area contributed by atoms with Gasteiger partial charge in [0.1, 0.15) is 10.7 Å². The first-order valence-electron chi connectivity index (χ1n) is 5.42. The number of nitrogens with zero attached hydrogens (tertiary/aromatic N) is 1. The third-order valence-corrected chi connectivity index (χ3v) is 4.86. The molecule has 18 heavy (non-hydrogen) atoms. The lowest BCUT2D eigenvalue weighted by Gasteiger charge is -2.02. The van der Waals surface area contributed by atoms with Gasteiger partial charge in [-0.15, -0.1) is 34.7 Å². The molecule has 1 aromatic heterocycles. The van der Waals surface area contributed by atoms with Crippen molar-refractivity contribution in [2.24, 2.45) is 0 Å². The van der Waals surface area contributed by atoms with Crippen LogP contribution in [0.25, 0.3) is 0 Å². The average Bonchev–Trinajstić information content (AvgIpc) is 2.86. The number of hydrogen-bond acceptors (Lipinski definition) is 4. The molecule has 0 aliphatic carbocycles. The molecule has 0 bridgehead atoms. The van der Waals surface area contributed by atoms with Gasteiger partial charge in [0.15, 0.2) is 5.78 Å². The maximum atomic E-state index is 11.4. The van der Waals surface area contributed by atoms with Crippen molar-refractivity contribution in [1.82, 2.24) is 4.98 Å². The number of carbonyl (C=O) groups excluding carboxylic acids is 1. The Hall–Kier alpha value is -0.840. The summed E-state index contributed by atoms with van der Waals surface area (Å²) in [5.74, 6) is 0.666. The molecule has 0 atom stereocenters. The summed E-state index contributed by atoms with van der Waals surface area (Å²) in [5.41, 5.74) is 1.74. The van der Waals surface area contributed by atoms with Crippen LogP contribution in [0.15, 0.2) is 34.5 Å². The van der Waals surface area contributed by atoms with E-state index in [0.717, 1.165) is 10.8 Å². The van der Waals surface area contributed by atoms with Crippen molar-refractivity contribution < 1.29 is 4.79 Å². The maximum Gasteiger partial charge on any atom is 0.196 e. The SMILES string of the molecule is Cc1ccccc1SCc1nc(C(=O)CCl)cs1. The van der Waals surface area contributed by atoms with E-state index in [-0.39, 0.29) is 11.7 Å². The van der Waals surface area contributed by atoms with E-state index in [4.69, 9.17) is 11.6 Å². The van der Waals surface area contributed by atoms with Crippen molar-refractivity contribution in [1.29, 1.82) is 0 Å². The molecular formula is C13H12ClNOS2. The first kappa shape index (κ1) is 13.6. The number of hydrogen-bond donors (Lipinski definition) is 0. The van der Waals surface area contributed by atoms with E-state index in [1.807, 2.05) is 12.1 Å². The Labute approximate surface area is 119 Å². The quantitative estimate of drug-likeness (QED) is 0.471. The number of carbonyl (C=O) groups is 1. The minimum Gasteiger partial charge on any atom is -0.291 e. The van der Waals surface area contributed by atoms with Crippen molar-refractivity contribution in [2.75, 3.05) is 5.88 Å². The van der Waals surface area contributed by atoms with Crippen LogP contribution in [0.3, 0.4) is 0 Å². The van der Waals surface area contributed by atoms with E-state index >= 15 is 0 Å². The fraction of sp³-hybridized carbons (Fsp3) is 0.231. The minimum atomic E-state index is -0.111. The second-order valence-corrected chi connectivity index (χ2v) is 5.96. The molecule has 0 fully saturated rings. The first-order valence-corrected chi connectivity index (χ1v) is 7.82. The van der Waals surface area contributed by atoms with E-state index in [9.17, 15) is 4.79 Å². The van der Waals surface area contributed by atoms with Gasteiger partial charge >= 0.3 is 0 Å². The summed E-state index contributed by atoms with van der Waals surface area (Å²) in [5, 5.41) is 2.73. The van der Waals surface area contributed by atoms with Crippen LogP contribution in [0.5, 0.6) is 0 Å². The summed E-state index contributed by atoms with van der Waals surface area (Å²) in [6, 6.07) is 8.24. The van der Waals surface area contributed by atoms with Crippen LogP contribution in [-0.2, 0) is 5.75 Å². The summed E-state index contributed by atoms with van der Waals surface area (Å²) >= 11 is 8.74. The van der Waals surface area contributed by atoms with Gasteiger partial charge in [-0.3, -0.25) is 4.79 Å².